The van der Waals surface area contributed by atoms with E-state index < -0.39 is 0 Å². The minimum atomic E-state index is -0.0602. The first-order valence-corrected chi connectivity index (χ1v) is 11.2. The van der Waals surface area contributed by atoms with Gasteiger partial charge >= 0.3 is 0 Å². The zero-order valence-corrected chi connectivity index (χ0v) is 17.8. The molecule has 0 radical (unpaired) electrons. The van der Waals surface area contributed by atoms with Crippen LogP contribution in [0.1, 0.15) is 58.8 Å². The number of ketones is 1. The molecule has 2 unspecified atom stereocenters. The van der Waals surface area contributed by atoms with E-state index in [2.05, 4.69) is 25.4 Å². The molecular formula is C23H38N2O3. The van der Waals surface area contributed by atoms with Gasteiger partial charge in [0.2, 0.25) is 0 Å². The second-order valence-corrected chi connectivity index (χ2v) is 10.2. The molecule has 0 aromatic heterocycles. The van der Waals surface area contributed by atoms with Crippen LogP contribution < -0.4 is 11.2 Å². The van der Waals surface area contributed by atoms with Crippen LogP contribution in [0.15, 0.2) is 11.8 Å². The molecule has 7 atom stereocenters. The third-order valence-corrected chi connectivity index (χ3v) is 8.96. The number of nitrogens with two attached hydrogens (primary N) is 1. The monoisotopic (exact) mass is 390 g/mol. The first-order chi connectivity index (χ1) is 13.4. The first kappa shape index (κ1) is 20.4. The number of hydroxylamine groups is 1. The van der Waals surface area contributed by atoms with E-state index in [9.17, 15) is 4.79 Å². The molecule has 5 nitrogen and oxygen atoms in total. The van der Waals surface area contributed by atoms with Crippen LogP contribution in [0.5, 0.6) is 0 Å². The highest BCUT2D eigenvalue weighted by Gasteiger charge is 2.61. The molecule has 0 saturated heterocycles. The second kappa shape index (κ2) is 7.73. The molecular weight excluding hydrogens is 352 g/mol. The molecule has 158 valence electrons. The summed E-state index contributed by atoms with van der Waals surface area (Å²) in [6.07, 6.45) is 10.0. The van der Waals surface area contributed by atoms with Crippen molar-refractivity contribution in [3.8, 4) is 0 Å². The van der Waals surface area contributed by atoms with Gasteiger partial charge in [-0.15, -0.1) is 0 Å². The second-order valence-electron chi connectivity index (χ2n) is 10.2. The molecule has 4 rings (SSSR count). The summed E-state index contributed by atoms with van der Waals surface area (Å²) in [5, 5.41) is 0. The van der Waals surface area contributed by atoms with Crippen molar-refractivity contribution in [2.24, 2.45) is 46.2 Å². The molecule has 4 aliphatic carbocycles. The van der Waals surface area contributed by atoms with Crippen LogP contribution in [0.4, 0.5) is 0 Å². The number of nitrogens with one attached hydrogen (secondary N) is 1. The molecule has 3 N–H and O–H groups in total. The van der Waals surface area contributed by atoms with Crippen molar-refractivity contribution in [3.63, 3.8) is 0 Å². The number of methoxy groups -OCH3 is 1. The molecule has 0 heterocycles. The third-order valence-electron chi connectivity index (χ3n) is 8.96. The standard InChI is InChI=1S/C23H38N2O3/c1-22-8-6-16(25-28-11-10-24)13-20(22)15(14-27-3)12-17-18-4-5-21(26)23(18,2)9-7-19(17)22/h13,15,17-20,25H,4-12,14,24H2,1-3H3/t15?,17-,18-,19+,20?,22+,23-/m0/s1. The molecule has 3 fully saturated rings. The van der Waals surface area contributed by atoms with Gasteiger partial charge in [-0.1, -0.05) is 19.9 Å². The van der Waals surface area contributed by atoms with Crippen LogP contribution in [0.25, 0.3) is 0 Å². The Morgan fingerprint density at radius 2 is 2.04 bits per heavy atom. The minimum Gasteiger partial charge on any atom is -0.384 e. The number of allylic oxidation sites excluding steroid dienone is 2. The van der Waals surface area contributed by atoms with Crippen molar-refractivity contribution < 1.29 is 14.4 Å². The predicted octanol–water partition coefficient (Wildman–Crippen LogP) is 3.44. The summed E-state index contributed by atoms with van der Waals surface area (Å²) in [7, 11) is 1.82. The maximum atomic E-state index is 12.7. The Morgan fingerprint density at radius 1 is 1.21 bits per heavy atom. The summed E-state index contributed by atoms with van der Waals surface area (Å²) in [4.78, 5) is 18.2. The smallest absolute Gasteiger partial charge is 0.139 e. The van der Waals surface area contributed by atoms with Gasteiger partial charge in [0.05, 0.1) is 6.61 Å². The lowest BCUT2D eigenvalue weighted by Gasteiger charge is -2.61. The Balaban J connectivity index is 1.61. The van der Waals surface area contributed by atoms with E-state index in [1.807, 2.05) is 7.11 Å². The quantitative estimate of drug-likeness (QED) is 0.537. The van der Waals surface area contributed by atoms with E-state index in [4.69, 9.17) is 15.3 Å². The minimum absolute atomic E-state index is 0.0602. The van der Waals surface area contributed by atoms with E-state index in [0.29, 0.717) is 42.6 Å². The summed E-state index contributed by atoms with van der Waals surface area (Å²) >= 11 is 0. The van der Waals surface area contributed by atoms with Crippen LogP contribution >= 0.6 is 0 Å². The number of fused-ring (bicyclic) bond motifs is 5. The Bertz CT molecular complexity index is 635. The van der Waals surface area contributed by atoms with Gasteiger partial charge in [0.1, 0.15) is 5.78 Å². The maximum absolute atomic E-state index is 12.7. The number of carbonyl (C=O) groups excluding carboxylic acids is 1. The fourth-order valence-corrected chi connectivity index (χ4v) is 7.54. The lowest BCUT2D eigenvalue weighted by molar-refractivity contribution is -0.142. The molecule has 0 aromatic carbocycles. The van der Waals surface area contributed by atoms with Crippen molar-refractivity contribution in [1.82, 2.24) is 5.48 Å². The van der Waals surface area contributed by atoms with E-state index in [1.165, 1.54) is 25.0 Å². The highest BCUT2D eigenvalue weighted by molar-refractivity contribution is 5.87. The van der Waals surface area contributed by atoms with Crippen LogP contribution in [0.3, 0.4) is 0 Å². The zero-order chi connectivity index (χ0) is 19.9. The summed E-state index contributed by atoms with van der Waals surface area (Å²) in [5.41, 5.74) is 10.1. The number of Topliss-reactive ketones (excluding diaryl/α,β-unsaturated/α-hetero) is 1. The lowest BCUT2D eigenvalue weighted by Crippen LogP contribution is -2.56. The predicted molar refractivity (Wildman–Crippen MR) is 109 cm³/mol. The summed E-state index contributed by atoms with van der Waals surface area (Å²) in [6, 6.07) is 0. The summed E-state index contributed by atoms with van der Waals surface area (Å²) in [5.74, 6) is 3.51. The summed E-state index contributed by atoms with van der Waals surface area (Å²) < 4.78 is 5.68. The maximum Gasteiger partial charge on any atom is 0.139 e. The molecule has 3 saturated carbocycles. The van der Waals surface area contributed by atoms with Gasteiger partial charge in [0, 0.05) is 37.8 Å². The first-order valence-electron chi connectivity index (χ1n) is 11.2. The molecule has 5 heteroatoms. The van der Waals surface area contributed by atoms with E-state index >= 15 is 0 Å². The molecule has 0 aromatic rings. The Kier molecular flexibility index (Phi) is 5.62. The normalized spacial score (nSPS) is 45.1. The molecule has 0 spiro atoms. The fourth-order valence-electron chi connectivity index (χ4n) is 7.54. The van der Waals surface area contributed by atoms with Gasteiger partial charge in [0.15, 0.2) is 0 Å². The van der Waals surface area contributed by atoms with Crippen LogP contribution in [0, 0.1) is 40.4 Å². The largest absolute Gasteiger partial charge is 0.384 e. The average Bonchev–Trinajstić information content (AvgIpc) is 2.98. The molecule has 0 amide bonds. The molecule has 0 aliphatic heterocycles. The highest BCUT2D eigenvalue weighted by Crippen LogP contribution is 2.66. The fraction of sp³-hybridized carbons (Fsp3) is 0.870. The van der Waals surface area contributed by atoms with Gasteiger partial charge in [-0.05, 0) is 73.5 Å². The van der Waals surface area contributed by atoms with Gasteiger partial charge in [-0.2, -0.15) is 0 Å². The van der Waals surface area contributed by atoms with Crippen LogP contribution in [-0.2, 0) is 14.4 Å². The van der Waals surface area contributed by atoms with Crippen LogP contribution in [0.2, 0.25) is 0 Å². The van der Waals surface area contributed by atoms with Gasteiger partial charge < -0.3 is 10.5 Å². The van der Waals surface area contributed by atoms with Crippen molar-refractivity contribution in [2.75, 3.05) is 26.9 Å². The average molecular weight is 391 g/mol. The van der Waals surface area contributed by atoms with Crippen molar-refractivity contribution in [2.45, 2.75) is 58.8 Å². The number of carbonyl (C=O) groups is 1. The third kappa shape index (κ3) is 3.14. The molecule has 0 bridgehead atoms. The van der Waals surface area contributed by atoms with E-state index in [-0.39, 0.29) is 10.8 Å². The van der Waals surface area contributed by atoms with Crippen molar-refractivity contribution in [3.05, 3.63) is 11.8 Å². The number of ether oxygens (including phenoxy) is 1. The van der Waals surface area contributed by atoms with Gasteiger partial charge in [-0.25, -0.2) is 0 Å². The lowest BCUT2D eigenvalue weighted by atomic mass is 9.44. The number of hydrogen-bond acceptors (Lipinski definition) is 5. The van der Waals surface area contributed by atoms with E-state index in [1.54, 1.807) is 0 Å². The zero-order valence-electron chi connectivity index (χ0n) is 17.8. The van der Waals surface area contributed by atoms with E-state index in [0.717, 1.165) is 38.2 Å². The Hall–Kier alpha value is -0.910. The van der Waals surface area contributed by atoms with Gasteiger partial charge in [-0.3, -0.25) is 15.1 Å². The number of hydrogen-bond donors (Lipinski definition) is 2. The Morgan fingerprint density at radius 3 is 2.79 bits per heavy atom. The summed E-state index contributed by atoms with van der Waals surface area (Å²) in [6.45, 7) is 6.63. The van der Waals surface area contributed by atoms with Crippen molar-refractivity contribution >= 4 is 5.78 Å². The van der Waals surface area contributed by atoms with Crippen LogP contribution in [-0.4, -0.2) is 32.7 Å². The highest BCUT2D eigenvalue weighted by atomic mass is 16.6. The van der Waals surface area contributed by atoms with Crippen molar-refractivity contribution in [1.29, 1.82) is 0 Å². The molecule has 28 heavy (non-hydrogen) atoms. The molecule has 4 aliphatic rings. The van der Waals surface area contributed by atoms with Gasteiger partial charge in [0.25, 0.3) is 0 Å². The SMILES string of the molecule is COCC1C[C@@H]2[C@@H](CC[C@]3(C)C(=O)CC[C@@H]23)[C@@]2(C)CCC(NOCCN)=CC12. The topological polar surface area (TPSA) is 73.6 Å². The Labute approximate surface area is 169 Å². The number of rotatable bonds is 6.